The van der Waals surface area contributed by atoms with Crippen molar-refractivity contribution < 1.29 is 18.4 Å². The Kier molecular flexibility index (Phi) is 4.16. The molecule has 1 fully saturated rings. The van der Waals surface area contributed by atoms with E-state index in [1.54, 1.807) is 0 Å². The first-order valence-electron chi connectivity index (χ1n) is 6.26. The fourth-order valence-corrected chi connectivity index (χ4v) is 2.30. The van der Waals surface area contributed by atoms with E-state index in [0.717, 1.165) is 18.2 Å². The average Bonchev–Trinajstić information content (AvgIpc) is 2.84. The second-order valence-corrected chi connectivity index (χ2v) is 4.66. The summed E-state index contributed by atoms with van der Waals surface area (Å²) in [6, 6.07) is 2.34. The number of amides is 2. The fourth-order valence-electron chi connectivity index (χ4n) is 2.30. The van der Waals surface area contributed by atoms with Gasteiger partial charge in [-0.05, 0) is 25.0 Å². The summed E-state index contributed by atoms with van der Waals surface area (Å²) in [6.45, 7) is 0.318. The highest BCUT2D eigenvalue weighted by molar-refractivity contribution is 5.89. The topological polar surface area (TPSA) is 75.4 Å². The SMILES string of the molecule is NC(=O)[C@@H]1CCCN1C(=O)CNc1cc(F)cc(F)c1. The van der Waals surface area contributed by atoms with Crippen LogP contribution in [0.5, 0.6) is 0 Å². The maximum Gasteiger partial charge on any atom is 0.242 e. The number of rotatable bonds is 4. The number of benzene rings is 1. The van der Waals surface area contributed by atoms with Crippen molar-refractivity contribution >= 4 is 17.5 Å². The van der Waals surface area contributed by atoms with E-state index in [0.29, 0.717) is 19.4 Å². The molecule has 0 bridgehead atoms. The molecule has 1 aliphatic heterocycles. The zero-order valence-corrected chi connectivity index (χ0v) is 10.7. The van der Waals surface area contributed by atoms with Gasteiger partial charge in [-0.2, -0.15) is 0 Å². The number of halogens is 2. The van der Waals surface area contributed by atoms with Gasteiger partial charge in [-0.3, -0.25) is 9.59 Å². The van der Waals surface area contributed by atoms with Crippen molar-refractivity contribution in [3.63, 3.8) is 0 Å². The third-order valence-corrected chi connectivity index (χ3v) is 3.21. The number of nitrogens with two attached hydrogens (primary N) is 1. The van der Waals surface area contributed by atoms with Crippen LogP contribution in [0.25, 0.3) is 0 Å². The Hall–Kier alpha value is -2.18. The van der Waals surface area contributed by atoms with Crippen molar-refractivity contribution in [1.29, 1.82) is 0 Å². The molecule has 0 aliphatic carbocycles. The molecule has 3 N–H and O–H groups in total. The highest BCUT2D eigenvalue weighted by Crippen LogP contribution is 2.17. The average molecular weight is 283 g/mol. The quantitative estimate of drug-likeness (QED) is 0.860. The molecule has 1 saturated heterocycles. The van der Waals surface area contributed by atoms with E-state index in [2.05, 4.69) is 5.32 Å². The molecule has 0 saturated carbocycles. The number of anilines is 1. The standard InChI is InChI=1S/C13H15F2N3O2/c14-8-4-9(15)6-10(5-8)17-7-12(19)18-3-1-2-11(18)13(16)20/h4-6,11,17H,1-3,7H2,(H2,16,20)/t11-/m0/s1. The maximum absolute atomic E-state index is 13.0. The van der Waals surface area contributed by atoms with Crippen molar-refractivity contribution in [2.45, 2.75) is 18.9 Å². The summed E-state index contributed by atoms with van der Waals surface area (Å²) in [5, 5.41) is 2.64. The third-order valence-electron chi connectivity index (χ3n) is 3.21. The van der Waals surface area contributed by atoms with Gasteiger partial charge >= 0.3 is 0 Å². The molecule has 1 atom stereocenters. The van der Waals surface area contributed by atoms with E-state index in [-0.39, 0.29) is 18.1 Å². The second kappa shape index (κ2) is 5.85. The lowest BCUT2D eigenvalue weighted by molar-refractivity contribution is -0.135. The van der Waals surface area contributed by atoms with Gasteiger partial charge in [0.15, 0.2) is 0 Å². The molecule has 1 aromatic rings. The maximum atomic E-state index is 13.0. The Labute approximate surface area is 114 Å². The highest BCUT2D eigenvalue weighted by Gasteiger charge is 2.32. The van der Waals surface area contributed by atoms with Crippen LogP contribution in [-0.4, -0.2) is 35.8 Å². The van der Waals surface area contributed by atoms with Gasteiger partial charge in [0.25, 0.3) is 0 Å². The van der Waals surface area contributed by atoms with E-state index in [1.807, 2.05) is 0 Å². The van der Waals surface area contributed by atoms with E-state index in [1.165, 1.54) is 4.90 Å². The zero-order valence-electron chi connectivity index (χ0n) is 10.7. The number of carbonyl (C=O) groups is 2. The lowest BCUT2D eigenvalue weighted by Crippen LogP contribution is -2.45. The minimum absolute atomic E-state index is 0.146. The van der Waals surface area contributed by atoms with Crippen LogP contribution in [-0.2, 0) is 9.59 Å². The Morgan fingerprint density at radius 3 is 2.55 bits per heavy atom. The summed E-state index contributed by atoms with van der Waals surface area (Å²) in [6.07, 6.45) is 1.27. The second-order valence-electron chi connectivity index (χ2n) is 4.66. The van der Waals surface area contributed by atoms with Gasteiger partial charge in [-0.15, -0.1) is 0 Å². The van der Waals surface area contributed by atoms with Crippen molar-refractivity contribution in [2.24, 2.45) is 5.73 Å². The fraction of sp³-hybridized carbons (Fsp3) is 0.385. The van der Waals surface area contributed by atoms with Gasteiger partial charge in [0.2, 0.25) is 11.8 Å². The monoisotopic (exact) mass is 283 g/mol. The minimum Gasteiger partial charge on any atom is -0.376 e. The predicted octanol–water partition coefficient (Wildman–Crippen LogP) is 0.853. The third kappa shape index (κ3) is 3.23. The minimum atomic E-state index is -0.726. The van der Waals surface area contributed by atoms with Crippen molar-refractivity contribution in [3.05, 3.63) is 29.8 Å². The molecule has 0 radical (unpaired) electrons. The van der Waals surface area contributed by atoms with Crippen LogP contribution in [0.3, 0.4) is 0 Å². The van der Waals surface area contributed by atoms with Gasteiger partial charge in [-0.1, -0.05) is 0 Å². The number of nitrogens with one attached hydrogen (secondary N) is 1. The smallest absolute Gasteiger partial charge is 0.242 e. The van der Waals surface area contributed by atoms with Crippen molar-refractivity contribution in [1.82, 2.24) is 4.90 Å². The molecule has 2 rings (SSSR count). The molecule has 7 heteroatoms. The number of carbonyl (C=O) groups excluding carboxylic acids is 2. The highest BCUT2D eigenvalue weighted by atomic mass is 19.1. The van der Waals surface area contributed by atoms with Crippen LogP contribution in [0.4, 0.5) is 14.5 Å². The molecular formula is C13H15F2N3O2. The first kappa shape index (κ1) is 14.2. The van der Waals surface area contributed by atoms with Crippen molar-refractivity contribution in [3.8, 4) is 0 Å². The first-order valence-corrected chi connectivity index (χ1v) is 6.26. The van der Waals surface area contributed by atoms with E-state index in [9.17, 15) is 18.4 Å². The Balaban J connectivity index is 1.96. The molecular weight excluding hydrogens is 268 g/mol. The summed E-state index contributed by atoms with van der Waals surface area (Å²) in [4.78, 5) is 24.6. The van der Waals surface area contributed by atoms with Gasteiger partial charge < -0.3 is 16.0 Å². The number of primary amides is 1. The number of nitrogens with zero attached hydrogens (tertiary/aromatic N) is 1. The summed E-state index contributed by atoms with van der Waals surface area (Å²) < 4.78 is 26.0. The van der Waals surface area contributed by atoms with Crippen LogP contribution >= 0.6 is 0 Å². The summed E-state index contributed by atoms with van der Waals surface area (Å²) in [5.74, 6) is -2.31. The van der Waals surface area contributed by atoms with Crippen molar-refractivity contribution in [2.75, 3.05) is 18.4 Å². The molecule has 2 amide bonds. The summed E-state index contributed by atoms with van der Waals surface area (Å²) in [5.41, 5.74) is 5.39. The van der Waals surface area contributed by atoms with Crippen LogP contribution in [0.1, 0.15) is 12.8 Å². The molecule has 20 heavy (non-hydrogen) atoms. The first-order chi connectivity index (χ1) is 9.47. The van der Waals surface area contributed by atoms with Gasteiger partial charge in [-0.25, -0.2) is 8.78 Å². The molecule has 5 nitrogen and oxygen atoms in total. The predicted molar refractivity (Wildman–Crippen MR) is 68.8 cm³/mol. The Morgan fingerprint density at radius 2 is 1.95 bits per heavy atom. The molecule has 0 unspecified atom stereocenters. The molecule has 0 aromatic heterocycles. The normalized spacial score (nSPS) is 18.1. The van der Waals surface area contributed by atoms with E-state index >= 15 is 0 Å². The molecule has 1 aromatic carbocycles. The van der Waals surface area contributed by atoms with Gasteiger partial charge in [0.1, 0.15) is 17.7 Å². The number of hydrogen-bond donors (Lipinski definition) is 2. The lowest BCUT2D eigenvalue weighted by atomic mass is 10.2. The van der Waals surface area contributed by atoms with Crippen LogP contribution in [0, 0.1) is 11.6 Å². The Morgan fingerprint density at radius 1 is 1.30 bits per heavy atom. The molecule has 0 spiro atoms. The van der Waals surface area contributed by atoms with Gasteiger partial charge in [0, 0.05) is 18.3 Å². The molecule has 108 valence electrons. The van der Waals surface area contributed by atoms with Crippen LogP contribution in [0.2, 0.25) is 0 Å². The van der Waals surface area contributed by atoms with E-state index in [4.69, 9.17) is 5.73 Å². The van der Waals surface area contributed by atoms with E-state index < -0.39 is 23.6 Å². The summed E-state index contributed by atoms with van der Waals surface area (Å²) in [7, 11) is 0. The number of likely N-dealkylation sites (tertiary alicyclic amines) is 1. The number of hydrogen-bond acceptors (Lipinski definition) is 3. The van der Waals surface area contributed by atoms with Crippen LogP contribution < -0.4 is 11.1 Å². The Bertz CT molecular complexity index is 516. The largest absolute Gasteiger partial charge is 0.376 e. The molecule has 1 heterocycles. The van der Waals surface area contributed by atoms with Crippen LogP contribution in [0.15, 0.2) is 18.2 Å². The van der Waals surface area contributed by atoms with Gasteiger partial charge in [0.05, 0.1) is 6.54 Å². The zero-order chi connectivity index (χ0) is 14.7. The summed E-state index contributed by atoms with van der Waals surface area (Å²) >= 11 is 0. The molecule has 1 aliphatic rings. The lowest BCUT2D eigenvalue weighted by Gasteiger charge is -2.22.